The monoisotopic (exact) mass is 552 g/mol. The Hall–Kier alpha value is 0.860. The Morgan fingerprint density at radius 2 is 0.833 bits per heavy atom. The van der Waals surface area contributed by atoms with E-state index in [1.54, 1.807) is 0 Å². The quantitative estimate of drug-likeness (QED) is 0.298. The molecule has 18 heavy (non-hydrogen) atoms. The topological polar surface area (TPSA) is 86.7 Å². The molecule has 0 aromatic carbocycles. The van der Waals surface area contributed by atoms with Crippen LogP contribution in [0.1, 0.15) is 0 Å². The van der Waals surface area contributed by atoms with Gasteiger partial charge in [0.05, 0.1) is 0 Å². The minimum absolute atomic E-state index is 0.647. The van der Waals surface area contributed by atoms with E-state index in [0.29, 0.717) is 46.0 Å². The van der Waals surface area contributed by atoms with E-state index in [-0.39, 0.29) is 0 Å². The summed E-state index contributed by atoms with van der Waals surface area (Å²) in [6.07, 6.45) is 0. The third kappa shape index (κ3) is 6.86. The summed E-state index contributed by atoms with van der Waals surface area (Å²) in [5.41, 5.74) is -10.6. The predicted molar refractivity (Wildman–Crippen MR) is 60.2 cm³/mol. The third-order valence-electron chi connectivity index (χ3n) is 0.733. The molecule has 112 valence electrons. The number of alkyl halides is 6. The van der Waals surface area contributed by atoms with Gasteiger partial charge in [0.2, 0.25) is 0 Å². The highest BCUT2D eigenvalue weighted by atomic mass is 127. The number of halogens is 8. The molecule has 0 aliphatic heterocycles. The minimum Gasteiger partial charge on any atom is -0.192 e. The molecule has 0 aliphatic rings. The van der Waals surface area contributed by atoms with Gasteiger partial charge in [0.15, 0.2) is 0 Å². The van der Waals surface area contributed by atoms with E-state index in [2.05, 4.69) is 5.03 Å². The van der Waals surface area contributed by atoms with Crippen LogP contribution in [-0.2, 0) is 25.3 Å². The first-order valence-electron chi connectivity index (χ1n) is 2.85. The smallest absolute Gasteiger partial charge is 0.192 e. The third-order valence-corrected chi connectivity index (χ3v) is 5.04. The Labute approximate surface area is 125 Å². The van der Waals surface area contributed by atoms with Gasteiger partial charge in [0.25, 0.3) is 0 Å². The van der Waals surface area contributed by atoms with E-state index in [9.17, 15) is 43.2 Å². The molecule has 0 unspecified atom stereocenters. The van der Waals surface area contributed by atoms with Crippen LogP contribution in [0.3, 0.4) is 0 Å². The number of hydrogen-bond donors (Lipinski definition) is 0. The molecular formula is C2F6I2O6S2. The van der Waals surface area contributed by atoms with Crippen molar-refractivity contribution in [2.45, 2.75) is 11.0 Å². The molecule has 0 saturated heterocycles. The molecule has 16 heteroatoms. The van der Waals surface area contributed by atoms with Crippen LogP contribution in [0, 0.1) is 0 Å². The molecule has 0 atom stereocenters. The van der Waals surface area contributed by atoms with Crippen molar-refractivity contribution < 1.29 is 48.2 Å². The summed E-state index contributed by atoms with van der Waals surface area (Å²) in [7, 11) is -10.7. The molecule has 0 aromatic heterocycles. The second kappa shape index (κ2) is 7.04. The van der Waals surface area contributed by atoms with Crippen molar-refractivity contribution >= 4 is 66.2 Å². The molecule has 6 nitrogen and oxygen atoms in total. The van der Waals surface area contributed by atoms with Gasteiger partial charge in [0, 0.05) is 0 Å². The second-order valence-electron chi connectivity index (χ2n) is 1.93. The van der Waals surface area contributed by atoms with Crippen LogP contribution < -0.4 is 0 Å². The minimum atomic E-state index is -5.35. The Morgan fingerprint density at radius 1 is 0.667 bits per heavy atom. The molecule has 0 radical (unpaired) electrons. The highest BCUT2D eigenvalue weighted by Gasteiger charge is 2.47. The van der Waals surface area contributed by atoms with Crippen molar-refractivity contribution in [1.82, 2.24) is 0 Å². The predicted octanol–water partition coefficient (Wildman–Crippen LogP) is 2.41. The lowest BCUT2D eigenvalue weighted by atomic mass is 11.6. The van der Waals surface area contributed by atoms with E-state index in [4.69, 9.17) is 0 Å². The van der Waals surface area contributed by atoms with E-state index >= 15 is 0 Å². The lowest BCUT2D eigenvalue weighted by Gasteiger charge is -2.01. The van der Waals surface area contributed by atoms with Crippen LogP contribution in [-0.4, -0.2) is 27.9 Å². The molecule has 0 bridgehead atoms. The Balaban J connectivity index is 0. The zero-order valence-corrected chi connectivity index (χ0v) is 13.2. The van der Waals surface area contributed by atoms with Crippen molar-refractivity contribution in [3.63, 3.8) is 0 Å². The lowest BCUT2D eigenvalue weighted by molar-refractivity contribution is -0.0492. The Bertz CT molecular complexity index is 403. The number of rotatable bonds is 2. The number of hydrogen-bond acceptors (Lipinski definition) is 6. The van der Waals surface area contributed by atoms with Crippen LogP contribution in [0.5, 0.6) is 0 Å². The molecule has 0 N–H and O–H groups in total. The van der Waals surface area contributed by atoms with Gasteiger partial charge in [-0.3, -0.25) is 0 Å². The summed E-state index contributed by atoms with van der Waals surface area (Å²) in [5.74, 6) is 0. The van der Waals surface area contributed by atoms with Gasteiger partial charge < -0.3 is 0 Å². The molecular weight excluding hydrogens is 552 g/mol. The maximum atomic E-state index is 11.1. The fraction of sp³-hybridized carbons (Fsp3) is 1.00. The lowest BCUT2D eigenvalue weighted by Crippen LogP contribution is -2.22. The highest BCUT2D eigenvalue weighted by molar-refractivity contribution is 14.1. The molecule has 0 aromatic rings. The summed E-state index contributed by atoms with van der Waals surface area (Å²) in [5, 5.41) is 0. The summed E-state index contributed by atoms with van der Waals surface area (Å²) in [6, 6.07) is 0. The maximum absolute atomic E-state index is 11.1. The zero-order chi connectivity index (χ0) is 15.4. The van der Waals surface area contributed by atoms with Gasteiger partial charge in [-0.2, -0.15) is 48.2 Å². The highest BCUT2D eigenvalue weighted by Crippen LogP contribution is 2.26. The fourth-order valence-corrected chi connectivity index (χ4v) is 1.44. The van der Waals surface area contributed by atoms with E-state index < -0.39 is 31.3 Å². The summed E-state index contributed by atoms with van der Waals surface area (Å²) >= 11 is 1.29. The van der Waals surface area contributed by atoms with Crippen LogP contribution in [0.15, 0.2) is 0 Å². The summed E-state index contributed by atoms with van der Waals surface area (Å²) in [4.78, 5) is 0. The molecule has 0 heterocycles. The van der Waals surface area contributed by atoms with E-state index in [0.717, 1.165) is 0 Å². The van der Waals surface area contributed by atoms with Crippen LogP contribution in [0.25, 0.3) is 0 Å². The molecule has 0 amide bonds. The summed E-state index contributed by atoms with van der Waals surface area (Å²) in [6.45, 7) is 0. The largest absolute Gasteiger partial charge is 0.523 e. The zero-order valence-electron chi connectivity index (χ0n) is 7.29. The SMILES string of the molecule is O=S(=O)(OI)C(F)(F)F.O=S(=O)(OI)C(F)(F)F. The summed E-state index contributed by atoms with van der Waals surface area (Å²) < 4.78 is 112. The Kier molecular flexibility index (Phi) is 8.27. The maximum Gasteiger partial charge on any atom is 0.523 e. The van der Waals surface area contributed by atoms with Gasteiger partial charge in [-0.15, -0.1) is 0 Å². The van der Waals surface area contributed by atoms with Crippen molar-refractivity contribution in [2.24, 2.45) is 0 Å². The van der Waals surface area contributed by atoms with Crippen molar-refractivity contribution in [3.8, 4) is 0 Å². The van der Waals surface area contributed by atoms with Gasteiger partial charge in [-0.05, 0) is 0 Å². The van der Waals surface area contributed by atoms with Gasteiger partial charge in [-0.25, -0.2) is 0 Å². The average Bonchev–Trinajstić information content (AvgIpc) is 2.15. The first-order chi connectivity index (χ1) is 7.62. The Morgan fingerprint density at radius 3 is 0.833 bits per heavy atom. The molecule has 0 aliphatic carbocycles. The van der Waals surface area contributed by atoms with Crippen LogP contribution in [0.2, 0.25) is 0 Å². The first kappa shape index (κ1) is 21.2. The molecule has 0 spiro atoms. The molecule has 0 fully saturated rings. The van der Waals surface area contributed by atoms with Crippen molar-refractivity contribution in [3.05, 3.63) is 0 Å². The van der Waals surface area contributed by atoms with Crippen LogP contribution >= 0.6 is 46.0 Å². The average molecular weight is 552 g/mol. The normalized spacial score (nSPS) is 13.8. The van der Waals surface area contributed by atoms with Crippen molar-refractivity contribution in [2.75, 3.05) is 0 Å². The second-order valence-corrected chi connectivity index (χ2v) is 7.08. The van der Waals surface area contributed by atoms with Gasteiger partial charge >= 0.3 is 31.3 Å². The standard InChI is InChI=1S/2CF3IO3S/c2*2-1(3,4)9(6,7)8-5. The van der Waals surface area contributed by atoms with Crippen LogP contribution in [0.4, 0.5) is 26.3 Å². The van der Waals surface area contributed by atoms with E-state index in [1.165, 1.54) is 0 Å². The first-order valence-corrected chi connectivity index (χ1v) is 7.43. The molecule has 0 rings (SSSR count). The van der Waals surface area contributed by atoms with Crippen molar-refractivity contribution in [1.29, 1.82) is 0 Å². The van der Waals surface area contributed by atoms with E-state index in [1.807, 2.05) is 0 Å². The molecule has 0 saturated carbocycles. The van der Waals surface area contributed by atoms with Gasteiger partial charge in [-0.1, -0.05) is 0 Å². The fourth-order valence-electron chi connectivity index (χ4n) is 0.0714. The van der Waals surface area contributed by atoms with Gasteiger partial charge in [0.1, 0.15) is 46.0 Å².